The summed E-state index contributed by atoms with van der Waals surface area (Å²) < 4.78 is 14.5. The molecule has 5 heteroatoms. The molecular weight excluding hydrogens is 335 g/mol. The molecule has 0 N–H and O–H groups in total. The normalized spacial score (nSPS) is 16.5. The predicted molar refractivity (Wildman–Crippen MR) is 85.9 cm³/mol. The van der Waals surface area contributed by atoms with Crippen LogP contribution in [0, 0.1) is 11.7 Å². The highest BCUT2D eigenvalue weighted by Gasteiger charge is 2.23. The zero-order chi connectivity index (χ0) is 15.4. The van der Waals surface area contributed by atoms with Gasteiger partial charge >= 0.3 is 0 Å². The van der Waals surface area contributed by atoms with Gasteiger partial charge in [0.05, 0.1) is 5.56 Å². The largest absolute Gasteiger partial charge is 0.336 e. The Morgan fingerprint density at radius 1 is 1.29 bits per heavy atom. The van der Waals surface area contributed by atoms with Gasteiger partial charge in [0.1, 0.15) is 5.82 Å². The summed E-state index contributed by atoms with van der Waals surface area (Å²) >= 11 is 3.21. The molecular formula is C16H22BrFN2O. The van der Waals surface area contributed by atoms with Crippen LogP contribution in [-0.2, 0) is 0 Å². The smallest absolute Gasteiger partial charge is 0.256 e. The van der Waals surface area contributed by atoms with Gasteiger partial charge in [-0.1, -0.05) is 29.8 Å². The first-order valence-electron chi connectivity index (χ1n) is 7.44. The molecule has 0 atom stereocenters. The number of hydrogen-bond acceptors (Lipinski definition) is 2. The van der Waals surface area contributed by atoms with Crippen LogP contribution in [0.4, 0.5) is 4.39 Å². The molecule has 1 amide bonds. The van der Waals surface area contributed by atoms with Crippen molar-refractivity contribution in [2.24, 2.45) is 5.92 Å². The predicted octanol–water partition coefficient (Wildman–Crippen LogP) is 3.39. The van der Waals surface area contributed by atoms with Crippen LogP contribution < -0.4 is 0 Å². The summed E-state index contributed by atoms with van der Waals surface area (Å²) in [5, 5.41) is 0. The first kappa shape index (κ1) is 16.4. The lowest BCUT2D eigenvalue weighted by molar-refractivity contribution is 0.0627. The molecule has 1 saturated heterocycles. The lowest BCUT2D eigenvalue weighted by Gasteiger charge is -2.35. The molecule has 3 nitrogen and oxygen atoms in total. The highest BCUT2D eigenvalue weighted by atomic mass is 79.9. The summed E-state index contributed by atoms with van der Waals surface area (Å²) in [5.74, 6) is 0.0293. The summed E-state index contributed by atoms with van der Waals surface area (Å²) in [5.41, 5.74) is 0.161. The van der Waals surface area contributed by atoms with E-state index in [0.29, 0.717) is 23.5 Å². The topological polar surface area (TPSA) is 23.6 Å². The van der Waals surface area contributed by atoms with Crippen LogP contribution in [0.1, 0.15) is 30.6 Å². The van der Waals surface area contributed by atoms with Crippen molar-refractivity contribution in [2.75, 3.05) is 32.7 Å². The average molecular weight is 357 g/mol. The summed E-state index contributed by atoms with van der Waals surface area (Å²) in [6.45, 7) is 8.60. The minimum Gasteiger partial charge on any atom is -0.336 e. The molecule has 0 spiro atoms. The van der Waals surface area contributed by atoms with Crippen LogP contribution in [0.3, 0.4) is 0 Å². The van der Waals surface area contributed by atoms with Crippen molar-refractivity contribution >= 4 is 21.8 Å². The molecule has 0 unspecified atom stereocenters. The van der Waals surface area contributed by atoms with Crippen molar-refractivity contribution in [3.8, 4) is 0 Å². The van der Waals surface area contributed by atoms with Gasteiger partial charge in [0, 0.05) is 30.7 Å². The molecule has 1 fully saturated rings. The monoisotopic (exact) mass is 356 g/mol. The molecule has 0 saturated carbocycles. The molecule has 0 bridgehead atoms. The van der Waals surface area contributed by atoms with Crippen molar-refractivity contribution in [3.63, 3.8) is 0 Å². The van der Waals surface area contributed by atoms with Crippen molar-refractivity contribution in [2.45, 2.75) is 20.3 Å². The number of carbonyl (C=O) groups is 1. The van der Waals surface area contributed by atoms with E-state index >= 15 is 0 Å². The third-order valence-electron chi connectivity index (χ3n) is 3.84. The Morgan fingerprint density at radius 2 is 1.95 bits per heavy atom. The van der Waals surface area contributed by atoms with Gasteiger partial charge in [0.2, 0.25) is 0 Å². The number of piperazine rings is 1. The Hall–Kier alpha value is -0.940. The Bertz CT molecular complexity index is 499. The minimum absolute atomic E-state index is 0.161. The zero-order valence-corrected chi connectivity index (χ0v) is 14.2. The van der Waals surface area contributed by atoms with Crippen molar-refractivity contribution in [1.29, 1.82) is 0 Å². The lowest BCUT2D eigenvalue weighted by atomic mass is 10.1. The highest BCUT2D eigenvalue weighted by molar-refractivity contribution is 9.10. The second kappa shape index (κ2) is 7.36. The summed E-state index contributed by atoms with van der Waals surface area (Å²) in [6.07, 6.45) is 1.18. The number of halogens is 2. The van der Waals surface area contributed by atoms with Gasteiger partial charge < -0.3 is 4.90 Å². The number of rotatable bonds is 4. The first-order valence-corrected chi connectivity index (χ1v) is 8.23. The van der Waals surface area contributed by atoms with Crippen LogP contribution in [0.2, 0.25) is 0 Å². The number of hydrogen-bond donors (Lipinski definition) is 0. The number of amides is 1. The fourth-order valence-electron chi connectivity index (χ4n) is 2.45. The van der Waals surface area contributed by atoms with E-state index < -0.39 is 5.82 Å². The summed E-state index contributed by atoms with van der Waals surface area (Å²) in [4.78, 5) is 16.5. The van der Waals surface area contributed by atoms with Gasteiger partial charge in [-0.05, 0) is 37.1 Å². The fourth-order valence-corrected chi connectivity index (χ4v) is 2.78. The maximum atomic E-state index is 13.9. The third kappa shape index (κ3) is 4.51. The number of carbonyl (C=O) groups excluding carboxylic acids is 1. The SMILES string of the molecule is CC(C)CCN1CCN(C(=O)c2ccc(Br)cc2F)CC1. The van der Waals surface area contributed by atoms with Crippen LogP contribution in [0.5, 0.6) is 0 Å². The molecule has 1 aliphatic heterocycles. The molecule has 0 aromatic heterocycles. The molecule has 116 valence electrons. The van der Waals surface area contributed by atoms with Crippen LogP contribution in [0.25, 0.3) is 0 Å². The molecule has 21 heavy (non-hydrogen) atoms. The van der Waals surface area contributed by atoms with E-state index in [-0.39, 0.29) is 11.5 Å². The second-order valence-corrected chi connectivity index (χ2v) is 6.86. The minimum atomic E-state index is -0.461. The van der Waals surface area contributed by atoms with E-state index in [4.69, 9.17) is 0 Å². The standard InChI is InChI=1S/C16H22BrFN2O/c1-12(2)5-6-19-7-9-20(10-8-19)16(21)14-4-3-13(17)11-15(14)18/h3-4,11-12H,5-10H2,1-2H3. The molecule has 1 aliphatic rings. The Labute approximate surface area is 134 Å². The van der Waals surface area contributed by atoms with Crippen LogP contribution in [0.15, 0.2) is 22.7 Å². The van der Waals surface area contributed by atoms with Crippen LogP contribution in [-0.4, -0.2) is 48.4 Å². The quantitative estimate of drug-likeness (QED) is 0.825. The van der Waals surface area contributed by atoms with Crippen molar-refractivity contribution in [1.82, 2.24) is 9.80 Å². The summed E-state index contributed by atoms with van der Waals surface area (Å²) in [6, 6.07) is 4.59. The van der Waals surface area contributed by atoms with E-state index in [0.717, 1.165) is 19.6 Å². The molecule has 1 aromatic rings. The number of nitrogens with zero attached hydrogens (tertiary/aromatic N) is 2. The molecule has 1 aromatic carbocycles. The second-order valence-electron chi connectivity index (χ2n) is 5.94. The van der Waals surface area contributed by atoms with Gasteiger partial charge in [-0.3, -0.25) is 9.69 Å². The van der Waals surface area contributed by atoms with Gasteiger partial charge in [0.25, 0.3) is 5.91 Å². The van der Waals surface area contributed by atoms with E-state index in [2.05, 4.69) is 34.7 Å². The third-order valence-corrected chi connectivity index (χ3v) is 4.34. The molecule has 2 rings (SSSR count). The fraction of sp³-hybridized carbons (Fsp3) is 0.562. The van der Waals surface area contributed by atoms with E-state index in [1.54, 1.807) is 17.0 Å². The molecule has 0 radical (unpaired) electrons. The number of benzene rings is 1. The van der Waals surface area contributed by atoms with E-state index in [1.807, 2.05) is 0 Å². The van der Waals surface area contributed by atoms with Crippen molar-refractivity contribution < 1.29 is 9.18 Å². The van der Waals surface area contributed by atoms with E-state index in [9.17, 15) is 9.18 Å². The average Bonchev–Trinajstić information content (AvgIpc) is 2.45. The van der Waals surface area contributed by atoms with Gasteiger partial charge in [-0.15, -0.1) is 0 Å². The Kier molecular flexibility index (Phi) is 5.76. The van der Waals surface area contributed by atoms with Gasteiger partial charge in [-0.2, -0.15) is 0 Å². The van der Waals surface area contributed by atoms with Gasteiger partial charge in [0.15, 0.2) is 0 Å². The van der Waals surface area contributed by atoms with E-state index in [1.165, 1.54) is 12.5 Å². The molecule has 1 heterocycles. The summed E-state index contributed by atoms with van der Waals surface area (Å²) in [7, 11) is 0. The van der Waals surface area contributed by atoms with Crippen molar-refractivity contribution in [3.05, 3.63) is 34.1 Å². The first-order chi connectivity index (χ1) is 9.97. The Morgan fingerprint density at radius 3 is 2.52 bits per heavy atom. The maximum Gasteiger partial charge on any atom is 0.256 e. The highest BCUT2D eigenvalue weighted by Crippen LogP contribution is 2.18. The molecule has 0 aliphatic carbocycles. The lowest BCUT2D eigenvalue weighted by Crippen LogP contribution is -2.49. The maximum absolute atomic E-state index is 13.9. The zero-order valence-electron chi connectivity index (χ0n) is 12.6. The van der Waals surface area contributed by atoms with Gasteiger partial charge in [-0.25, -0.2) is 4.39 Å². The Balaban J connectivity index is 1.91. The van der Waals surface area contributed by atoms with Crippen LogP contribution >= 0.6 is 15.9 Å².